The minimum absolute atomic E-state index is 0.0885. The minimum Gasteiger partial charge on any atom is -0.507 e. The van der Waals surface area contributed by atoms with Crippen molar-refractivity contribution in [3.63, 3.8) is 0 Å². The van der Waals surface area contributed by atoms with Gasteiger partial charge in [0.2, 0.25) is 0 Å². The van der Waals surface area contributed by atoms with Gasteiger partial charge in [-0.2, -0.15) is 0 Å². The topological polar surface area (TPSA) is 98.3 Å². The highest BCUT2D eigenvalue weighted by molar-refractivity contribution is 7.21. The maximum Gasteiger partial charge on any atom is 0.265 e. The molecule has 4 heterocycles. The summed E-state index contributed by atoms with van der Waals surface area (Å²) in [5, 5.41) is 15.0. The number of H-pyrrole nitrogens is 1. The highest BCUT2D eigenvalue weighted by atomic mass is 32.1. The number of anilines is 1. The number of phenolic OH excluding ortho intramolecular Hbond substituents is 1. The molecule has 3 aromatic heterocycles. The van der Waals surface area contributed by atoms with E-state index < -0.39 is 0 Å². The summed E-state index contributed by atoms with van der Waals surface area (Å²) in [5.41, 5.74) is 3.49. The number of rotatable bonds is 4. The Labute approximate surface area is 198 Å². The van der Waals surface area contributed by atoms with Gasteiger partial charge in [0.05, 0.1) is 10.4 Å². The van der Waals surface area contributed by atoms with Crippen LogP contribution in [0.5, 0.6) is 5.75 Å². The number of aromatic hydroxyl groups is 1. The number of carbonyl (C=O) groups is 2. The Hall–Kier alpha value is -4.17. The molecule has 168 valence electrons. The second kappa shape index (κ2) is 8.00. The second-order valence-electron chi connectivity index (χ2n) is 8.30. The van der Waals surface area contributed by atoms with Gasteiger partial charge in [-0.25, -0.2) is 4.98 Å². The monoisotopic (exact) mass is 468 g/mol. The number of nitrogens with one attached hydrogen (secondary N) is 2. The van der Waals surface area contributed by atoms with Gasteiger partial charge in [-0.3, -0.25) is 9.59 Å². The number of carbonyl (C=O) groups excluding carboxylic acids is 2. The molecule has 1 fully saturated rings. The third-order valence-corrected chi connectivity index (χ3v) is 7.22. The van der Waals surface area contributed by atoms with Gasteiger partial charge in [-0.05, 0) is 54.4 Å². The van der Waals surface area contributed by atoms with Crippen molar-refractivity contribution in [3.05, 3.63) is 77.4 Å². The Morgan fingerprint density at radius 3 is 2.79 bits per heavy atom. The maximum absolute atomic E-state index is 13.1. The van der Waals surface area contributed by atoms with Crippen LogP contribution in [0.1, 0.15) is 26.5 Å². The lowest BCUT2D eigenvalue weighted by Gasteiger charge is -2.31. The number of thiophene rings is 1. The SMILES string of the molecule is O=C(Nc1ccc(O)c(C(=O)N2CCC2)c1)c1cc2c(-c3cnc4[nH]ccc4c3)cccc2s1. The number of likely N-dealkylation sites (tertiary alicyclic amines) is 1. The Morgan fingerprint density at radius 1 is 1.09 bits per heavy atom. The van der Waals surface area contributed by atoms with E-state index in [0.29, 0.717) is 23.7 Å². The molecule has 2 aromatic carbocycles. The zero-order valence-electron chi connectivity index (χ0n) is 18.0. The fourth-order valence-electron chi connectivity index (χ4n) is 4.18. The van der Waals surface area contributed by atoms with Crippen molar-refractivity contribution >= 4 is 50.0 Å². The van der Waals surface area contributed by atoms with Crippen LogP contribution >= 0.6 is 11.3 Å². The summed E-state index contributed by atoms with van der Waals surface area (Å²) in [4.78, 5) is 35.4. The van der Waals surface area contributed by atoms with Crippen LogP contribution in [-0.2, 0) is 0 Å². The summed E-state index contributed by atoms with van der Waals surface area (Å²) >= 11 is 1.41. The molecule has 8 heteroatoms. The van der Waals surface area contributed by atoms with E-state index in [0.717, 1.165) is 38.7 Å². The molecule has 5 aromatic rings. The smallest absolute Gasteiger partial charge is 0.265 e. The van der Waals surface area contributed by atoms with Gasteiger partial charge in [-0.15, -0.1) is 11.3 Å². The van der Waals surface area contributed by atoms with E-state index in [9.17, 15) is 14.7 Å². The molecule has 0 spiro atoms. The number of amides is 2. The van der Waals surface area contributed by atoms with E-state index in [4.69, 9.17) is 0 Å². The van der Waals surface area contributed by atoms with E-state index in [2.05, 4.69) is 21.4 Å². The number of phenols is 1. The quantitative estimate of drug-likeness (QED) is 0.314. The molecular weight excluding hydrogens is 448 g/mol. The van der Waals surface area contributed by atoms with Gasteiger partial charge in [0.1, 0.15) is 11.4 Å². The second-order valence-corrected chi connectivity index (χ2v) is 9.38. The zero-order valence-corrected chi connectivity index (χ0v) is 18.9. The lowest BCUT2D eigenvalue weighted by Crippen LogP contribution is -2.42. The number of aromatic nitrogens is 2. The van der Waals surface area contributed by atoms with Gasteiger partial charge < -0.3 is 20.3 Å². The van der Waals surface area contributed by atoms with E-state index in [-0.39, 0.29) is 23.1 Å². The number of fused-ring (bicyclic) bond motifs is 2. The fraction of sp³-hybridized carbons (Fsp3) is 0.115. The van der Waals surface area contributed by atoms with Crippen molar-refractivity contribution in [3.8, 4) is 16.9 Å². The van der Waals surface area contributed by atoms with Gasteiger partial charge in [-0.1, -0.05) is 12.1 Å². The summed E-state index contributed by atoms with van der Waals surface area (Å²) in [7, 11) is 0. The van der Waals surface area contributed by atoms with Crippen molar-refractivity contribution in [2.24, 2.45) is 0 Å². The van der Waals surface area contributed by atoms with Crippen molar-refractivity contribution < 1.29 is 14.7 Å². The van der Waals surface area contributed by atoms with Crippen LogP contribution in [0.15, 0.2) is 67.0 Å². The molecule has 1 aliphatic heterocycles. The average Bonchev–Trinajstić information content (AvgIpc) is 3.45. The van der Waals surface area contributed by atoms with E-state index in [1.807, 2.05) is 42.7 Å². The van der Waals surface area contributed by atoms with Crippen LogP contribution in [0.2, 0.25) is 0 Å². The number of nitrogens with zero attached hydrogens (tertiary/aromatic N) is 2. The molecule has 0 radical (unpaired) electrons. The predicted molar refractivity (Wildman–Crippen MR) is 133 cm³/mol. The molecule has 3 N–H and O–H groups in total. The molecule has 34 heavy (non-hydrogen) atoms. The first-order chi connectivity index (χ1) is 16.6. The lowest BCUT2D eigenvalue weighted by atomic mass is 10.0. The van der Waals surface area contributed by atoms with Gasteiger partial charge in [0.25, 0.3) is 11.8 Å². The van der Waals surface area contributed by atoms with Crippen LogP contribution in [0.4, 0.5) is 5.69 Å². The van der Waals surface area contributed by atoms with Gasteiger partial charge in [0, 0.05) is 52.2 Å². The zero-order chi connectivity index (χ0) is 23.2. The largest absolute Gasteiger partial charge is 0.507 e. The molecule has 0 atom stereocenters. The summed E-state index contributed by atoms with van der Waals surface area (Å²) in [5.74, 6) is -0.576. The van der Waals surface area contributed by atoms with Crippen LogP contribution in [-0.4, -0.2) is 44.9 Å². The third kappa shape index (κ3) is 3.48. The molecule has 0 bridgehead atoms. The summed E-state index contributed by atoms with van der Waals surface area (Å²) in [6, 6.07) is 16.5. The summed E-state index contributed by atoms with van der Waals surface area (Å²) < 4.78 is 0.996. The summed E-state index contributed by atoms with van der Waals surface area (Å²) in [6.07, 6.45) is 4.66. The maximum atomic E-state index is 13.1. The molecule has 1 aliphatic rings. The normalized spacial score (nSPS) is 13.2. The van der Waals surface area contributed by atoms with Crippen LogP contribution in [0, 0.1) is 0 Å². The molecule has 0 unspecified atom stereocenters. The highest BCUT2D eigenvalue weighted by Gasteiger charge is 2.24. The third-order valence-electron chi connectivity index (χ3n) is 6.12. The Bertz CT molecular complexity index is 1580. The van der Waals surface area contributed by atoms with Crippen molar-refractivity contribution in [1.29, 1.82) is 0 Å². The number of hydrogen-bond acceptors (Lipinski definition) is 5. The predicted octanol–water partition coefficient (Wildman–Crippen LogP) is 5.25. The van der Waals surface area contributed by atoms with Crippen molar-refractivity contribution in [2.75, 3.05) is 18.4 Å². The first-order valence-electron chi connectivity index (χ1n) is 11.0. The molecule has 7 nitrogen and oxygen atoms in total. The molecule has 6 rings (SSSR count). The molecule has 2 amide bonds. The molecular formula is C26H20N4O3S. The Kier molecular flexibility index (Phi) is 4.81. The molecule has 0 aliphatic carbocycles. The molecule has 0 saturated carbocycles. The van der Waals surface area contributed by atoms with Crippen LogP contribution in [0.3, 0.4) is 0 Å². The van der Waals surface area contributed by atoms with E-state index in [1.165, 1.54) is 23.5 Å². The number of hydrogen-bond donors (Lipinski definition) is 3. The lowest BCUT2D eigenvalue weighted by molar-refractivity contribution is 0.0648. The number of aromatic amines is 1. The first kappa shape index (κ1) is 20.4. The van der Waals surface area contributed by atoms with Crippen LogP contribution in [0.25, 0.3) is 32.2 Å². The van der Waals surface area contributed by atoms with Crippen LogP contribution < -0.4 is 5.32 Å². The van der Waals surface area contributed by atoms with E-state index in [1.54, 1.807) is 11.0 Å². The van der Waals surface area contributed by atoms with Crippen molar-refractivity contribution in [1.82, 2.24) is 14.9 Å². The van der Waals surface area contributed by atoms with Gasteiger partial charge >= 0.3 is 0 Å². The number of benzene rings is 2. The van der Waals surface area contributed by atoms with Crippen molar-refractivity contribution in [2.45, 2.75) is 6.42 Å². The van der Waals surface area contributed by atoms with E-state index >= 15 is 0 Å². The highest BCUT2D eigenvalue weighted by Crippen LogP contribution is 2.35. The number of pyridine rings is 1. The Morgan fingerprint density at radius 2 is 1.97 bits per heavy atom. The first-order valence-corrected chi connectivity index (χ1v) is 11.8. The minimum atomic E-state index is -0.264. The summed E-state index contributed by atoms with van der Waals surface area (Å²) in [6.45, 7) is 1.37. The van der Waals surface area contributed by atoms with Gasteiger partial charge in [0.15, 0.2) is 0 Å². The standard InChI is InChI=1S/C26H20N4O3S/c31-21-6-5-17(12-20(21)26(33)30-9-2-10-30)29-25(32)23-13-19-18(3-1-4-22(19)34-23)16-11-15-7-8-27-24(15)28-14-16/h1,3-8,11-14,31H,2,9-10H2,(H,27,28)(H,29,32). The average molecular weight is 469 g/mol. The molecule has 1 saturated heterocycles. The Balaban J connectivity index is 1.30. The fourth-order valence-corrected chi connectivity index (χ4v) is 5.16.